The third-order valence-electron chi connectivity index (χ3n) is 4.71. The standard InChI is InChI=1S/C16H27N3O6/c1-4-18(9-14(20)21)12-5-11(6-12)17-16(23)19-7-10(2)25-13(8-19)15(22)24-3/h10-13H,4-9H2,1-3H3,(H,17,23)(H,20,21)/t10-,11?,12?,13-/m1/s1. The van der Waals surface area contributed by atoms with Crippen LogP contribution < -0.4 is 5.32 Å². The lowest BCUT2D eigenvalue weighted by Gasteiger charge is -2.43. The van der Waals surface area contributed by atoms with E-state index in [0.29, 0.717) is 13.1 Å². The first kappa shape index (κ1) is 19.5. The highest BCUT2D eigenvalue weighted by molar-refractivity contribution is 5.78. The Morgan fingerprint density at radius 1 is 1.32 bits per heavy atom. The van der Waals surface area contributed by atoms with Gasteiger partial charge in [-0.3, -0.25) is 9.69 Å². The fraction of sp³-hybridized carbons (Fsp3) is 0.812. The van der Waals surface area contributed by atoms with Crippen LogP contribution in [0.5, 0.6) is 0 Å². The van der Waals surface area contributed by atoms with Crippen molar-refractivity contribution in [3.63, 3.8) is 0 Å². The van der Waals surface area contributed by atoms with E-state index >= 15 is 0 Å². The van der Waals surface area contributed by atoms with E-state index in [-0.39, 0.29) is 37.3 Å². The van der Waals surface area contributed by atoms with Gasteiger partial charge in [-0.25, -0.2) is 9.59 Å². The lowest BCUT2D eigenvalue weighted by molar-refractivity contribution is -0.164. The minimum absolute atomic E-state index is 0.0175. The van der Waals surface area contributed by atoms with Crippen molar-refractivity contribution in [1.82, 2.24) is 15.1 Å². The zero-order chi connectivity index (χ0) is 18.6. The quantitative estimate of drug-likeness (QED) is 0.639. The maximum absolute atomic E-state index is 12.4. The van der Waals surface area contributed by atoms with Crippen LogP contribution in [0.4, 0.5) is 4.79 Å². The van der Waals surface area contributed by atoms with Gasteiger partial charge in [0.1, 0.15) is 0 Å². The molecule has 1 saturated heterocycles. The number of carbonyl (C=O) groups is 3. The molecule has 9 nitrogen and oxygen atoms in total. The Morgan fingerprint density at radius 3 is 2.56 bits per heavy atom. The van der Waals surface area contributed by atoms with Crippen LogP contribution in [-0.4, -0.2) is 90.5 Å². The number of methoxy groups -OCH3 is 1. The summed E-state index contributed by atoms with van der Waals surface area (Å²) >= 11 is 0. The fourth-order valence-electron chi connectivity index (χ4n) is 3.32. The van der Waals surface area contributed by atoms with Gasteiger partial charge in [-0.05, 0) is 26.3 Å². The molecule has 2 atom stereocenters. The topological polar surface area (TPSA) is 108 Å². The molecule has 1 heterocycles. The lowest BCUT2D eigenvalue weighted by Crippen LogP contribution is -2.60. The number of nitrogens with zero attached hydrogens (tertiary/aromatic N) is 2. The van der Waals surface area contributed by atoms with Crippen molar-refractivity contribution in [2.45, 2.75) is 51.0 Å². The molecule has 0 spiro atoms. The average Bonchev–Trinajstić information content (AvgIpc) is 2.54. The maximum Gasteiger partial charge on any atom is 0.336 e. The number of ether oxygens (including phenoxy) is 2. The van der Waals surface area contributed by atoms with Gasteiger partial charge >= 0.3 is 18.0 Å². The van der Waals surface area contributed by atoms with Crippen molar-refractivity contribution >= 4 is 18.0 Å². The van der Waals surface area contributed by atoms with Crippen LogP contribution in [0.15, 0.2) is 0 Å². The molecule has 2 amide bonds. The van der Waals surface area contributed by atoms with Gasteiger partial charge in [-0.15, -0.1) is 0 Å². The third kappa shape index (κ3) is 5.05. The molecule has 1 saturated carbocycles. The Balaban J connectivity index is 1.81. The van der Waals surface area contributed by atoms with Crippen molar-refractivity contribution in [3.05, 3.63) is 0 Å². The smallest absolute Gasteiger partial charge is 0.336 e. The number of carboxylic acid groups (broad SMARTS) is 1. The summed E-state index contributed by atoms with van der Waals surface area (Å²) in [7, 11) is 1.29. The van der Waals surface area contributed by atoms with E-state index in [1.807, 2.05) is 11.8 Å². The number of esters is 1. The van der Waals surface area contributed by atoms with Gasteiger partial charge in [0.15, 0.2) is 6.10 Å². The molecule has 1 aliphatic carbocycles. The second-order valence-electron chi connectivity index (χ2n) is 6.59. The van der Waals surface area contributed by atoms with Crippen LogP contribution in [0, 0.1) is 0 Å². The largest absolute Gasteiger partial charge is 0.480 e. The van der Waals surface area contributed by atoms with E-state index in [2.05, 4.69) is 10.1 Å². The van der Waals surface area contributed by atoms with Crippen molar-refractivity contribution in [3.8, 4) is 0 Å². The number of morpholine rings is 1. The highest BCUT2D eigenvalue weighted by Crippen LogP contribution is 2.26. The van der Waals surface area contributed by atoms with E-state index in [4.69, 9.17) is 9.84 Å². The number of likely N-dealkylation sites (N-methyl/N-ethyl adjacent to an activating group) is 1. The van der Waals surface area contributed by atoms with Crippen LogP contribution in [0.3, 0.4) is 0 Å². The molecule has 2 N–H and O–H groups in total. The van der Waals surface area contributed by atoms with Crippen molar-refractivity contribution in [2.24, 2.45) is 0 Å². The Kier molecular flexibility index (Phi) is 6.60. The van der Waals surface area contributed by atoms with Crippen molar-refractivity contribution in [2.75, 3.05) is 33.3 Å². The molecule has 0 unspecified atom stereocenters. The van der Waals surface area contributed by atoms with Gasteiger partial charge in [0.05, 0.1) is 26.3 Å². The number of amides is 2. The summed E-state index contributed by atoms with van der Waals surface area (Å²) in [6.45, 7) is 4.99. The van der Waals surface area contributed by atoms with Gasteiger partial charge in [0.25, 0.3) is 0 Å². The van der Waals surface area contributed by atoms with Gasteiger partial charge in [-0.2, -0.15) is 0 Å². The number of hydrogen-bond acceptors (Lipinski definition) is 6. The first-order chi connectivity index (χ1) is 11.8. The zero-order valence-corrected chi connectivity index (χ0v) is 14.9. The zero-order valence-electron chi connectivity index (χ0n) is 14.9. The monoisotopic (exact) mass is 357 g/mol. The summed E-state index contributed by atoms with van der Waals surface area (Å²) < 4.78 is 10.2. The molecular formula is C16H27N3O6. The lowest BCUT2D eigenvalue weighted by atomic mass is 9.85. The minimum Gasteiger partial charge on any atom is -0.480 e. The summed E-state index contributed by atoms with van der Waals surface area (Å²) in [6.07, 6.45) is 0.448. The molecule has 2 fully saturated rings. The van der Waals surface area contributed by atoms with E-state index in [1.54, 1.807) is 11.8 Å². The number of urea groups is 1. The van der Waals surface area contributed by atoms with E-state index in [0.717, 1.165) is 12.8 Å². The predicted octanol–water partition coefficient (Wildman–Crippen LogP) is -0.104. The molecule has 1 aliphatic heterocycles. The van der Waals surface area contributed by atoms with Crippen LogP contribution >= 0.6 is 0 Å². The number of rotatable bonds is 6. The van der Waals surface area contributed by atoms with Crippen LogP contribution in [0.2, 0.25) is 0 Å². The van der Waals surface area contributed by atoms with Gasteiger partial charge in [-0.1, -0.05) is 6.92 Å². The molecule has 0 radical (unpaired) electrons. The Hall–Kier alpha value is -1.87. The molecule has 9 heteroatoms. The molecule has 0 aromatic heterocycles. The van der Waals surface area contributed by atoms with Gasteiger partial charge in [0, 0.05) is 18.6 Å². The first-order valence-electron chi connectivity index (χ1n) is 8.58. The summed E-state index contributed by atoms with van der Waals surface area (Å²) in [4.78, 5) is 38.4. The number of carboxylic acids is 1. The van der Waals surface area contributed by atoms with Gasteiger partial charge < -0.3 is 24.8 Å². The van der Waals surface area contributed by atoms with Crippen molar-refractivity contribution in [1.29, 1.82) is 0 Å². The summed E-state index contributed by atoms with van der Waals surface area (Å²) in [5, 5.41) is 11.9. The molecule has 0 aromatic carbocycles. The summed E-state index contributed by atoms with van der Waals surface area (Å²) in [5.74, 6) is -1.33. The van der Waals surface area contributed by atoms with E-state index < -0.39 is 18.0 Å². The predicted molar refractivity (Wildman–Crippen MR) is 88.1 cm³/mol. The Morgan fingerprint density at radius 2 is 2.00 bits per heavy atom. The van der Waals surface area contributed by atoms with Crippen molar-refractivity contribution < 1.29 is 29.0 Å². The molecule has 2 aliphatic rings. The second kappa shape index (κ2) is 8.48. The van der Waals surface area contributed by atoms with Crippen LogP contribution in [-0.2, 0) is 19.1 Å². The summed E-state index contributed by atoms with van der Waals surface area (Å²) in [6, 6.07) is -0.0262. The fourth-order valence-corrected chi connectivity index (χ4v) is 3.32. The number of carbonyl (C=O) groups excluding carboxylic acids is 2. The highest BCUT2D eigenvalue weighted by atomic mass is 16.6. The molecule has 0 aromatic rings. The number of hydrogen-bond donors (Lipinski definition) is 2. The Bertz CT molecular complexity index is 508. The SMILES string of the molecule is CCN(CC(=O)O)C1CC(NC(=O)N2C[C@@H](C)O[C@@H](C(=O)OC)C2)C1. The number of aliphatic carboxylic acids is 1. The van der Waals surface area contributed by atoms with E-state index in [9.17, 15) is 14.4 Å². The van der Waals surface area contributed by atoms with E-state index in [1.165, 1.54) is 7.11 Å². The highest BCUT2D eigenvalue weighted by Gasteiger charge is 2.38. The molecular weight excluding hydrogens is 330 g/mol. The first-order valence-corrected chi connectivity index (χ1v) is 8.58. The molecule has 25 heavy (non-hydrogen) atoms. The minimum atomic E-state index is -0.842. The Labute approximate surface area is 147 Å². The molecule has 2 rings (SSSR count). The number of nitrogens with one attached hydrogen (secondary N) is 1. The second-order valence-corrected chi connectivity index (χ2v) is 6.59. The van der Waals surface area contributed by atoms with Gasteiger partial charge in [0.2, 0.25) is 0 Å². The van der Waals surface area contributed by atoms with Crippen LogP contribution in [0.25, 0.3) is 0 Å². The third-order valence-corrected chi connectivity index (χ3v) is 4.71. The normalized spacial score (nSPS) is 29.0. The summed E-state index contributed by atoms with van der Waals surface area (Å²) in [5.41, 5.74) is 0. The molecule has 142 valence electrons. The molecule has 0 bridgehead atoms. The van der Waals surface area contributed by atoms with Crippen LogP contribution in [0.1, 0.15) is 26.7 Å². The maximum atomic E-state index is 12.4. The average molecular weight is 357 g/mol.